The first-order valence-electron chi connectivity index (χ1n) is 14.7. The summed E-state index contributed by atoms with van der Waals surface area (Å²) in [6.07, 6.45) is 3.22. The van der Waals surface area contributed by atoms with Gasteiger partial charge in [-0.1, -0.05) is 6.07 Å². The number of ether oxygens (including phenoxy) is 1. The van der Waals surface area contributed by atoms with Crippen LogP contribution in [0.4, 0.5) is 0 Å². The molecule has 3 atom stereocenters. The minimum Gasteiger partial charge on any atom is -0.497 e. The SMILES string of the molecule is COc1ccc(-c2oc3c(=O)cc(C)oc3c2CC(=O)N[C@@H](CCSC)C(=O)N2CC3CC(C2)c2cccc(=O)n2C3)cc1. The first-order valence-corrected chi connectivity index (χ1v) is 16.1. The Labute approximate surface area is 258 Å². The van der Waals surface area contributed by atoms with E-state index in [-0.39, 0.29) is 52.2 Å². The number of thioether (sulfide) groups is 1. The van der Waals surface area contributed by atoms with Gasteiger partial charge in [0.15, 0.2) is 5.58 Å². The van der Waals surface area contributed by atoms with Crippen molar-refractivity contribution >= 4 is 34.7 Å². The van der Waals surface area contributed by atoms with Gasteiger partial charge in [-0.15, -0.1) is 0 Å². The molecule has 4 aromatic rings. The maximum atomic E-state index is 13.9. The number of furan rings is 1. The Kier molecular flexibility index (Phi) is 8.40. The number of piperidine rings is 1. The van der Waals surface area contributed by atoms with Crippen LogP contribution < -0.4 is 21.0 Å². The molecule has 11 heteroatoms. The van der Waals surface area contributed by atoms with Gasteiger partial charge in [0, 0.05) is 48.9 Å². The van der Waals surface area contributed by atoms with Crippen LogP contribution in [0.3, 0.4) is 0 Å². The van der Waals surface area contributed by atoms with E-state index in [1.807, 2.05) is 21.8 Å². The van der Waals surface area contributed by atoms with Crippen LogP contribution in [-0.2, 0) is 22.6 Å². The third-order valence-corrected chi connectivity index (χ3v) is 9.15. The lowest BCUT2D eigenvalue weighted by molar-refractivity contribution is -0.138. The number of hydrogen-bond acceptors (Lipinski definition) is 8. The molecular weight excluding hydrogens is 582 g/mol. The number of carbonyl (C=O) groups excluding carboxylic acids is 2. The lowest BCUT2D eigenvalue weighted by Crippen LogP contribution is -2.55. The number of methoxy groups -OCH3 is 1. The summed E-state index contributed by atoms with van der Waals surface area (Å²) in [6, 6.07) is 13.1. The molecule has 3 aromatic heterocycles. The van der Waals surface area contributed by atoms with Gasteiger partial charge >= 0.3 is 0 Å². The van der Waals surface area contributed by atoms with Gasteiger partial charge in [-0.05, 0) is 68.0 Å². The third-order valence-electron chi connectivity index (χ3n) is 8.50. The van der Waals surface area contributed by atoms with E-state index in [0.29, 0.717) is 60.2 Å². The molecule has 2 aliphatic heterocycles. The molecule has 1 fully saturated rings. The minimum atomic E-state index is -0.719. The summed E-state index contributed by atoms with van der Waals surface area (Å²) in [4.78, 5) is 54.7. The number of fused-ring (bicyclic) bond motifs is 5. The predicted molar refractivity (Wildman–Crippen MR) is 168 cm³/mol. The number of nitrogens with one attached hydrogen (secondary N) is 1. The molecule has 0 radical (unpaired) electrons. The van der Waals surface area contributed by atoms with Gasteiger partial charge in [-0.25, -0.2) is 0 Å². The molecule has 230 valence electrons. The zero-order valence-corrected chi connectivity index (χ0v) is 25.8. The highest BCUT2D eigenvalue weighted by atomic mass is 32.2. The Hall–Kier alpha value is -4.25. The number of rotatable bonds is 9. The van der Waals surface area contributed by atoms with Crippen molar-refractivity contribution < 1.29 is 23.2 Å². The normalized spacial score (nSPS) is 18.1. The van der Waals surface area contributed by atoms with E-state index in [4.69, 9.17) is 13.6 Å². The Morgan fingerprint density at radius 1 is 1.07 bits per heavy atom. The highest BCUT2D eigenvalue weighted by Crippen LogP contribution is 2.36. The quantitative estimate of drug-likeness (QED) is 0.300. The topological polar surface area (TPSA) is 124 Å². The van der Waals surface area contributed by atoms with E-state index >= 15 is 0 Å². The van der Waals surface area contributed by atoms with Crippen molar-refractivity contribution in [3.63, 3.8) is 0 Å². The van der Waals surface area contributed by atoms with Gasteiger partial charge in [-0.3, -0.25) is 19.2 Å². The first-order chi connectivity index (χ1) is 21.2. The van der Waals surface area contributed by atoms with Gasteiger partial charge < -0.3 is 28.4 Å². The first kappa shape index (κ1) is 29.8. The number of pyridine rings is 1. The van der Waals surface area contributed by atoms with Crippen molar-refractivity contribution in [2.45, 2.75) is 44.7 Å². The Balaban J connectivity index is 1.26. The molecule has 2 amide bonds. The second kappa shape index (κ2) is 12.4. The third kappa shape index (κ3) is 5.80. The van der Waals surface area contributed by atoms with E-state index in [1.165, 1.54) is 6.07 Å². The van der Waals surface area contributed by atoms with E-state index in [9.17, 15) is 19.2 Å². The van der Waals surface area contributed by atoms with Gasteiger partial charge in [0.2, 0.25) is 22.8 Å². The lowest BCUT2D eigenvalue weighted by atomic mass is 9.83. The number of amides is 2. The van der Waals surface area contributed by atoms with Crippen molar-refractivity contribution in [2.75, 3.05) is 32.2 Å². The van der Waals surface area contributed by atoms with E-state index in [0.717, 1.165) is 12.1 Å². The molecule has 6 rings (SSSR count). The van der Waals surface area contributed by atoms with Crippen molar-refractivity contribution in [1.29, 1.82) is 0 Å². The Morgan fingerprint density at radius 3 is 2.61 bits per heavy atom. The molecule has 2 unspecified atom stereocenters. The molecule has 2 bridgehead atoms. The fraction of sp³-hybridized carbons (Fsp3) is 0.394. The highest BCUT2D eigenvalue weighted by Gasteiger charge is 2.38. The Morgan fingerprint density at radius 2 is 1.86 bits per heavy atom. The molecule has 44 heavy (non-hydrogen) atoms. The number of hydrogen-bond donors (Lipinski definition) is 1. The summed E-state index contributed by atoms with van der Waals surface area (Å²) in [6.45, 7) is 3.30. The Bertz CT molecular complexity index is 1820. The van der Waals surface area contributed by atoms with Gasteiger partial charge in [0.05, 0.1) is 19.1 Å². The molecule has 5 heterocycles. The van der Waals surface area contributed by atoms with Crippen LogP contribution in [0.5, 0.6) is 5.75 Å². The fourth-order valence-electron chi connectivity index (χ4n) is 6.49. The van der Waals surface area contributed by atoms with Gasteiger partial charge in [0.1, 0.15) is 23.3 Å². The predicted octanol–water partition coefficient (Wildman–Crippen LogP) is 3.96. The van der Waals surface area contributed by atoms with Crippen molar-refractivity contribution in [2.24, 2.45) is 5.92 Å². The van der Waals surface area contributed by atoms with Crippen molar-refractivity contribution in [1.82, 2.24) is 14.8 Å². The standard InChI is InChI=1S/C33H35N3O7S/c1-19-13-27(37)32-31(42-19)24(30(43-32)21-7-9-23(41-2)10-8-21)15-28(38)34-25(11-12-44-3)33(40)35-16-20-14-22(18-35)26-5-4-6-29(39)36(26)17-20/h4-10,13,20,22,25H,11-12,14-18H2,1-3H3,(H,34,38)/t20?,22?,25-/m0/s1. The molecular formula is C33H35N3O7S. The van der Waals surface area contributed by atoms with Crippen LogP contribution in [0.25, 0.3) is 22.5 Å². The summed E-state index contributed by atoms with van der Waals surface area (Å²) < 4.78 is 19.0. The second-order valence-electron chi connectivity index (χ2n) is 11.5. The van der Waals surface area contributed by atoms with E-state index < -0.39 is 6.04 Å². The van der Waals surface area contributed by atoms with E-state index in [1.54, 1.807) is 62.2 Å². The van der Waals surface area contributed by atoms with Crippen LogP contribution in [-0.4, -0.2) is 59.5 Å². The maximum Gasteiger partial charge on any atom is 0.250 e. The summed E-state index contributed by atoms with van der Waals surface area (Å²) in [7, 11) is 1.57. The maximum absolute atomic E-state index is 13.9. The van der Waals surface area contributed by atoms with Crippen LogP contribution >= 0.6 is 11.8 Å². The van der Waals surface area contributed by atoms with Crippen LogP contribution in [0.2, 0.25) is 0 Å². The number of benzene rings is 1. The molecule has 0 saturated carbocycles. The average Bonchev–Trinajstić information content (AvgIpc) is 3.37. The summed E-state index contributed by atoms with van der Waals surface area (Å²) in [5, 5.41) is 2.99. The summed E-state index contributed by atoms with van der Waals surface area (Å²) >= 11 is 1.61. The molecule has 1 saturated heterocycles. The van der Waals surface area contributed by atoms with E-state index in [2.05, 4.69) is 5.32 Å². The molecule has 10 nitrogen and oxygen atoms in total. The molecule has 1 N–H and O–H groups in total. The number of aryl methyl sites for hydroxylation is 1. The number of aromatic nitrogens is 1. The lowest BCUT2D eigenvalue weighted by Gasteiger charge is -2.43. The zero-order chi connectivity index (χ0) is 31.0. The molecule has 0 spiro atoms. The van der Waals surface area contributed by atoms with Crippen molar-refractivity contribution in [3.05, 3.63) is 86.1 Å². The van der Waals surface area contributed by atoms with Crippen LogP contribution in [0, 0.1) is 12.8 Å². The van der Waals surface area contributed by atoms with Gasteiger partial charge in [0.25, 0.3) is 5.56 Å². The minimum absolute atomic E-state index is 0.00565. The average molecular weight is 618 g/mol. The van der Waals surface area contributed by atoms with Gasteiger partial charge in [-0.2, -0.15) is 11.8 Å². The number of nitrogens with zero attached hydrogens (tertiary/aromatic N) is 2. The smallest absolute Gasteiger partial charge is 0.250 e. The van der Waals surface area contributed by atoms with Crippen LogP contribution in [0.1, 0.15) is 35.8 Å². The number of likely N-dealkylation sites (tertiary alicyclic amines) is 1. The molecule has 1 aromatic carbocycles. The number of carbonyl (C=O) groups is 2. The summed E-state index contributed by atoms with van der Waals surface area (Å²) in [5.74, 6) is 1.86. The second-order valence-corrected chi connectivity index (χ2v) is 12.5. The molecule has 0 aliphatic carbocycles. The fourth-order valence-corrected chi connectivity index (χ4v) is 6.96. The molecule has 2 aliphatic rings. The summed E-state index contributed by atoms with van der Waals surface area (Å²) in [5.41, 5.74) is 1.98. The van der Waals surface area contributed by atoms with Crippen LogP contribution in [0.15, 0.2) is 67.0 Å². The van der Waals surface area contributed by atoms with Crippen molar-refractivity contribution in [3.8, 4) is 17.1 Å². The highest BCUT2D eigenvalue weighted by molar-refractivity contribution is 7.98. The zero-order valence-electron chi connectivity index (χ0n) is 25.0. The largest absolute Gasteiger partial charge is 0.497 e. The monoisotopic (exact) mass is 617 g/mol.